The normalized spacial score (nSPS) is 26.9. The number of methoxy groups -OCH3 is 1. The minimum absolute atomic E-state index is 0.0779. The van der Waals surface area contributed by atoms with Gasteiger partial charge in [0.1, 0.15) is 5.75 Å². The number of sulfone groups is 1. The Labute approximate surface area is 108 Å². The van der Waals surface area contributed by atoms with E-state index in [2.05, 4.69) is 0 Å². The Kier molecular flexibility index (Phi) is 3.64. The maximum absolute atomic E-state index is 11.9. The number of rotatable bonds is 5. The van der Waals surface area contributed by atoms with Crippen molar-refractivity contribution in [2.45, 2.75) is 18.1 Å². The van der Waals surface area contributed by atoms with Gasteiger partial charge in [0.25, 0.3) is 0 Å². The summed E-state index contributed by atoms with van der Waals surface area (Å²) in [5.41, 5.74) is 0.955. The quantitative estimate of drug-likeness (QED) is 0.873. The van der Waals surface area contributed by atoms with Gasteiger partial charge in [0.15, 0.2) is 9.84 Å². The van der Waals surface area contributed by atoms with E-state index in [9.17, 15) is 13.5 Å². The molecule has 0 aromatic heterocycles. The van der Waals surface area contributed by atoms with Crippen LogP contribution in [0.3, 0.4) is 0 Å². The summed E-state index contributed by atoms with van der Waals surface area (Å²) in [5.74, 6) is 0.630. The van der Waals surface area contributed by atoms with E-state index in [4.69, 9.17) is 4.74 Å². The van der Waals surface area contributed by atoms with Gasteiger partial charge in [-0.25, -0.2) is 8.42 Å². The van der Waals surface area contributed by atoms with Crippen LogP contribution in [0, 0.1) is 5.92 Å². The van der Waals surface area contributed by atoms with Gasteiger partial charge in [-0.2, -0.15) is 0 Å². The average Bonchev–Trinajstić information content (AvgIpc) is 3.14. The topological polar surface area (TPSA) is 63.6 Å². The van der Waals surface area contributed by atoms with Crippen molar-refractivity contribution in [3.8, 4) is 5.75 Å². The number of aliphatic hydroxyl groups is 1. The van der Waals surface area contributed by atoms with E-state index in [1.54, 1.807) is 14.0 Å². The van der Waals surface area contributed by atoms with Crippen LogP contribution >= 0.6 is 0 Å². The number of hydrogen-bond donors (Lipinski definition) is 1. The molecule has 1 aromatic carbocycles. The van der Waals surface area contributed by atoms with Crippen molar-refractivity contribution < 1.29 is 18.3 Å². The lowest BCUT2D eigenvalue weighted by Crippen LogP contribution is -2.13. The third-order valence-corrected chi connectivity index (χ3v) is 5.90. The van der Waals surface area contributed by atoms with E-state index in [1.807, 2.05) is 24.3 Å². The van der Waals surface area contributed by atoms with Crippen molar-refractivity contribution in [2.75, 3.05) is 19.5 Å². The SMILES string of the molecule is CCS(=O)(=O)[C@@H]1[C@@H](CO)[C@@H]1c1ccc(OC)cc1. The van der Waals surface area contributed by atoms with Crippen molar-refractivity contribution in [2.24, 2.45) is 5.92 Å². The Morgan fingerprint density at radius 1 is 1.28 bits per heavy atom. The number of aliphatic hydroxyl groups excluding tert-OH is 1. The summed E-state index contributed by atoms with van der Waals surface area (Å²) in [5, 5.41) is 8.85. The number of hydrogen-bond acceptors (Lipinski definition) is 4. The minimum atomic E-state index is -3.09. The van der Waals surface area contributed by atoms with E-state index in [0.717, 1.165) is 11.3 Å². The molecular formula is C13H18O4S. The molecule has 0 amide bonds. The fraction of sp³-hybridized carbons (Fsp3) is 0.538. The van der Waals surface area contributed by atoms with E-state index in [1.165, 1.54) is 0 Å². The molecule has 0 heterocycles. The molecule has 4 nitrogen and oxygen atoms in total. The van der Waals surface area contributed by atoms with E-state index < -0.39 is 15.1 Å². The first kappa shape index (κ1) is 13.4. The zero-order chi connectivity index (χ0) is 13.3. The van der Waals surface area contributed by atoms with Crippen LogP contribution in [-0.4, -0.2) is 38.2 Å². The lowest BCUT2D eigenvalue weighted by molar-refractivity contribution is 0.274. The van der Waals surface area contributed by atoms with Crippen molar-refractivity contribution >= 4 is 9.84 Å². The lowest BCUT2D eigenvalue weighted by Gasteiger charge is -2.03. The zero-order valence-electron chi connectivity index (χ0n) is 10.5. The van der Waals surface area contributed by atoms with Crippen LogP contribution in [0.25, 0.3) is 0 Å². The number of ether oxygens (including phenoxy) is 1. The summed E-state index contributed by atoms with van der Waals surface area (Å²) >= 11 is 0. The molecule has 0 radical (unpaired) electrons. The highest BCUT2D eigenvalue weighted by Gasteiger charge is 2.57. The van der Waals surface area contributed by atoms with Gasteiger partial charge in [-0.05, 0) is 17.7 Å². The zero-order valence-corrected chi connectivity index (χ0v) is 11.4. The maximum atomic E-state index is 11.9. The number of benzene rings is 1. The highest BCUT2D eigenvalue weighted by molar-refractivity contribution is 7.92. The molecule has 0 aliphatic heterocycles. The molecule has 1 aliphatic rings. The fourth-order valence-corrected chi connectivity index (χ4v) is 4.39. The van der Waals surface area contributed by atoms with Crippen molar-refractivity contribution in [3.63, 3.8) is 0 Å². The van der Waals surface area contributed by atoms with Gasteiger partial charge in [-0.1, -0.05) is 19.1 Å². The summed E-state index contributed by atoms with van der Waals surface area (Å²) in [6.45, 7) is 1.56. The second-order valence-electron chi connectivity index (χ2n) is 4.56. The van der Waals surface area contributed by atoms with Gasteiger partial charge in [0, 0.05) is 24.2 Å². The molecule has 0 unspecified atom stereocenters. The summed E-state index contributed by atoms with van der Waals surface area (Å²) in [4.78, 5) is 0. The summed E-state index contributed by atoms with van der Waals surface area (Å²) in [6.07, 6.45) is 0. The monoisotopic (exact) mass is 270 g/mol. The van der Waals surface area contributed by atoms with E-state index in [0.29, 0.717) is 0 Å². The van der Waals surface area contributed by atoms with E-state index in [-0.39, 0.29) is 24.2 Å². The molecular weight excluding hydrogens is 252 g/mol. The molecule has 0 saturated heterocycles. The Balaban J connectivity index is 2.23. The van der Waals surface area contributed by atoms with Gasteiger partial charge < -0.3 is 9.84 Å². The second-order valence-corrected chi connectivity index (χ2v) is 7.01. The smallest absolute Gasteiger partial charge is 0.153 e. The second kappa shape index (κ2) is 4.90. The molecule has 0 spiro atoms. The predicted molar refractivity (Wildman–Crippen MR) is 69.6 cm³/mol. The molecule has 0 bridgehead atoms. The lowest BCUT2D eigenvalue weighted by atomic mass is 10.1. The Hall–Kier alpha value is -1.07. The molecule has 1 saturated carbocycles. The first-order valence-electron chi connectivity index (χ1n) is 6.01. The van der Waals surface area contributed by atoms with Crippen LogP contribution in [0.4, 0.5) is 0 Å². The van der Waals surface area contributed by atoms with Gasteiger partial charge in [0.2, 0.25) is 0 Å². The highest BCUT2D eigenvalue weighted by Crippen LogP contribution is 2.52. The van der Waals surface area contributed by atoms with Crippen molar-refractivity contribution in [1.82, 2.24) is 0 Å². The molecule has 1 aromatic rings. The van der Waals surface area contributed by atoms with Crippen LogP contribution in [0.5, 0.6) is 5.75 Å². The third-order valence-electron chi connectivity index (χ3n) is 3.62. The average molecular weight is 270 g/mol. The molecule has 100 valence electrons. The van der Waals surface area contributed by atoms with Crippen molar-refractivity contribution in [1.29, 1.82) is 0 Å². The molecule has 2 rings (SSSR count). The third kappa shape index (κ3) is 2.24. The Bertz CT molecular complexity index is 506. The maximum Gasteiger partial charge on any atom is 0.153 e. The minimum Gasteiger partial charge on any atom is -0.497 e. The van der Waals surface area contributed by atoms with Gasteiger partial charge in [0.05, 0.1) is 12.4 Å². The molecule has 18 heavy (non-hydrogen) atoms. The summed E-state index contributed by atoms with van der Waals surface area (Å²) in [6, 6.07) is 7.38. The molecule has 1 N–H and O–H groups in total. The first-order valence-corrected chi connectivity index (χ1v) is 7.73. The van der Waals surface area contributed by atoms with Gasteiger partial charge in [-0.15, -0.1) is 0 Å². The van der Waals surface area contributed by atoms with Crippen LogP contribution in [0.15, 0.2) is 24.3 Å². The highest BCUT2D eigenvalue weighted by atomic mass is 32.2. The Morgan fingerprint density at radius 3 is 2.33 bits per heavy atom. The summed E-state index contributed by atoms with van der Waals surface area (Å²) < 4.78 is 28.9. The van der Waals surface area contributed by atoms with Gasteiger partial charge in [-0.3, -0.25) is 0 Å². The molecule has 3 atom stereocenters. The van der Waals surface area contributed by atoms with Crippen LogP contribution in [-0.2, 0) is 9.84 Å². The largest absolute Gasteiger partial charge is 0.497 e. The van der Waals surface area contributed by atoms with Gasteiger partial charge >= 0.3 is 0 Å². The Morgan fingerprint density at radius 2 is 1.89 bits per heavy atom. The van der Waals surface area contributed by atoms with Crippen LogP contribution in [0.2, 0.25) is 0 Å². The predicted octanol–water partition coefficient (Wildman–Crippen LogP) is 1.20. The van der Waals surface area contributed by atoms with E-state index >= 15 is 0 Å². The molecule has 1 fully saturated rings. The first-order chi connectivity index (χ1) is 8.55. The molecule has 5 heteroatoms. The summed E-state index contributed by atoms with van der Waals surface area (Å²) in [7, 11) is -1.50. The standard InChI is InChI=1S/C13H18O4S/c1-3-18(15,16)13-11(8-14)12(13)9-4-6-10(17-2)7-5-9/h4-7,11-14H,3,8H2,1-2H3/t11-,12-,13+/m0/s1. The molecule has 1 aliphatic carbocycles. The van der Waals surface area contributed by atoms with Crippen molar-refractivity contribution in [3.05, 3.63) is 29.8 Å². The van der Waals surface area contributed by atoms with Crippen LogP contribution in [0.1, 0.15) is 18.4 Å². The van der Waals surface area contributed by atoms with Crippen LogP contribution < -0.4 is 4.74 Å². The fourth-order valence-electron chi connectivity index (χ4n) is 2.50.